The number of piperazine rings is 1. The summed E-state index contributed by atoms with van der Waals surface area (Å²) in [7, 11) is -3.54. The van der Waals surface area contributed by atoms with E-state index >= 15 is 0 Å². The van der Waals surface area contributed by atoms with Gasteiger partial charge in [0.05, 0.1) is 5.02 Å². The molecular formula is C20H20Cl2N2O4S. The van der Waals surface area contributed by atoms with Crippen molar-refractivity contribution in [3.8, 4) is 5.75 Å². The van der Waals surface area contributed by atoms with Crippen LogP contribution in [0.1, 0.15) is 5.56 Å². The molecule has 1 fully saturated rings. The molecule has 0 bridgehead atoms. The van der Waals surface area contributed by atoms with Crippen LogP contribution >= 0.6 is 23.2 Å². The zero-order valence-electron chi connectivity index (χ0n) is 15.5. The maximum absolute atomic E-state index is 12.5. The molecule has 1 amide bonds. The molecule has 3 rings (SSSR count). The zero-order valence-corrected chi connectivity index (χ0v) is 17.8. The summed E-state index contributed by atoms with van der Waals surface area (Å²) in [5, 5.41) is 2.00. The molecule has 0 aromatic heterocycles. The van der Waals surface area contributed by atoms with E-state index in [1.807, 2.05) is 30.3 Å². The Kier molecular flexibility index (Phi) is 7.18. The lowest BCUT2D eigenvalue weighted by atomic mass is 10.2. The first kappa shape index (κ1) is 21.6. The average molecular weight is 455 g/mol. The van der Waals surface area contributed by atoms with Gasteiger partial charge in [-0.05, 0) is 29.8 Å². The minimum atomic E-state index is -3.54. The zero-order chi connectivity index (χ0) is 20.9. The fourth-order valence-corrected chi connectivity index (χ4v) is 4.47. The summed E-state index contributed by atoms with van der Waals surface area (Å²) in [6.45, 7) is 0.885. The Hall–Kier alpha value is -2.06. The van der Waals surface area contributed by atoms with Gasteiger partial charge in [0.25, 0.3) is 5.91 Å². The molecule has 1 heterocycles. The quantitative estimate of drug-likeness (QED) is 0.669. The second-order valence-electron chi connectivity index (χ2n) is 6.40. The Balaban J connectivity index is 1.51. The first-order valence-corrected chi connectivity index (χ1v) is 11.2. The van der Waals surface area contributed by atoms with Crippen LogP contribution in [-0.2, 0) is 14.8 Å². The molecule has 0 atom stereocenters. The fraction of sp³-hybridized carbons (Fsp3) is 0.250. The molecule has 0 radical (unpaired) electrons. The number of benzene rings is 2. The van der Waals surface area contributed by atoms with E-state index in [0.717, 1.165) is 5.56 Å². The van der Waals surface area contributed by atoms with Gasteiger partial charge in [-0.15, -0.1) is 0 Å². The van der Waals surface area contributed by atoms with Gasteiger partial charge in [-0.3, -0.25) is 4.79 Å². The molecule has 0 spiro atoms. The Bertz CT molecular complexity index is 989. The van der Waals surface area contributed by atoms with Crippen LogP contribution in [0.15, 0.2) is 53.9 Å². The fourth-order valence-electron chi connectivity index (χ4n) is 2.83. The first-order chi connectivity index (χ1) is 13.8. The second kappa shape index (κ2) is 9.63. The Morgan fingerprint density at radius 1 is 1.03 bits per heavy atom. The number of rotatable bonds is 6. The summed E-state index contributed by atoms with van der Waals surface area (Å²) >= 11 is 11.9. The maximum Gasteiger partial charge on any atom is 0.260 e. The van der Waals surface area contributed by atoms with E-state index in [2.05, 4.69) is 0 Å². The van der Waals surface area contributed by atoms with Crippen molar-refractivity contribution in [1.29, 1.82) is 0 Å². The second-order valence-corrected chi connectivity index (χ2v) is 9.06. The average Bonchev–Trinajstić information content (AvgIpc) is 2.72. The van der Waals surface area contributed by atoms with Gasteiger partial charge in [0.15, 0.2) is 6.61 Å². The summed E-state index contributed by atoms with van der Waals surface area (Å²) < 4.78 is 31.8. The van der Waals surface area contributed by atoms with Gasteiger partial charge in [-0.25, -0.2) is 8.42 Å². The summed E-state index contributed by atoms with van der Waals surface area (Å²) in [4.78, 5) is 13.9. The molecule has 1 saturated heterocycles. The van der Waals surface area contributed by atoms with E-state index in [-0.39, 0.29) is 25.6 Å². The van der Waals surface area contributed by atoms with Gasteiger partial charge < -0.3 is 9.64 Å². The smallest absolute Gasteiger partial charge is 0.260 e. The summed E-state index contributed by atoms with van der Waals surface area (Å²) in [6, 6.07) is 14.0. The predicted octanol–water partition coefficient (Wildman–Crippen LogP) is 3.52. The van der Waals surface area contributed by atoms with E-state index in [0.29, 0.717) is 28.9 Å². The highest BCUT2D eigenvalue weighted by molar-refractivity contribution is 7.92. The normalized spacial score (nSPS) is 15.6. The van der Waals surface area contributed by atoms with E-state index in [4.69, 9.17) is 27.9 Å². The van der Waals surface area contributed by atoms with Crippen LogP contribution in [0.4, 0.5) is 0 Å². The Labute approximate surface area is 180 Å². The third-order valence-corrected chi connectivity index (χ3v) is 6.52. The third kappa shape index (κ3) is 5.96. The van der Waals surface area contributed by atoms with Crippen LogP contribution < -0.4 is 4.74 Å². The van der Waals surface area contributed by atoms with Crippen LogP contribution in [-0.4, -0.2) is 56.3 Å². The molecule has 154 valence electrons. The molecule has 1 aliphatic heterocycles. The highest BCUT2D eigenvalue weighted by Gasteiger charge is 2.27. The number of sulfonamides is 1. The lowest BCUT2D eigenvalue weighted by Crippen LogP contribution is -2.51. The number of carbonyl (C=O) groups is 1. The van der Waals surface area contributed by atoms with Crippen LogP contribution in [0.2, 0.25) is 10.0 Å². The van der Waals surface area contributed by atoms with Crippen molar-refractivity contribution in [2.75, 3.05) is 32.8 Å². The lowest BCUT2D eigenvalue weighted by molar-refractivity contribution is -0.134. The van der Waals surface area contributed by atoms with Crippen LogP contribution in [0.3, 0.4) is 0 Å². The molecule has 0 aliphatic carbocycles. The number of carbonyl (C=O) groups excluding carboxylic acids is 1. The summed E-state index contributed by atoms with van der Waals surface area (Å²) in [6.07, 6.45) is 1.57. The molecular weight excluding hydrogens is 435 g/mol. The van der Waals surface area contributed by atoms with Gasteiger partial charge in [0.2, 0.25) is 10.0 Å². The molecule has 2 aromatic carbocycles. The maximum atomic E-state index is 12.5. The van der Waals surface area contributed by atoms with Crippen molar-refractivity contribution in [2.24, 2.45) is 0 Å². The number of amides is 1. The van der Waals surface area contributed by atoms with E-state index in [1.54, 1.807) is 23.1 Å². The summed E-state index contributed by atoms with van der Waals surface area (Å²) in [5.74, 6) is 0.143. The molecule has 2 aromatic rings. The van der Waals surface area contributed by atoms with Crippen molar-refractivity contribution in [2.45, 2.75) is 0 Å². The standard InChI is InChI=1S/C20H20Cl2N2O4S/c21-17-6-7-19(18(22)14-17)28-15-20(25)23-9-11-24(12-10-23)29(26,27)13-8-16-4-2-1-3-5-16/h1-8,13-14H,9-12,15H2/b13-8+. The molecule has 6 nitrogen and oxygen atoms in total. The van der Waals surface area contributed by atoms with Crippen molar-refractivity contribution in [1.82, 2.24) is 9.21 Å². The van der Waals surface area contributed by atoms with Crippen LogP contribution in [0.5, 0.6) is 5.75 Å². The topological polar surface area (TPSA) is 66.9 Å². The SMILES string of the molecule is O=C(COc1ccc(Cl)cc1Cl)N1CCN(S(=O)(=O)/C=C/c2ccccc2)CC1. The minimum absolute atomic E-state index is 0.179. The van der Waals surface area contributed by atoms with Gasteiger partial charge >= 0.3 is 0 Å². The van der Waals surface area contributed by atoms with Crippen molar-refractivity contribution in [3.05, 3.63) is 69.5 Å². The third-order valence-electron chi connectivity index (χ3n) is 4.43. The number of halogens is 2. The highest BCUT2D eigenvalue weighted by atomic mass is 35.5. The van der Waals surface area contributed by atoms with E-state index in [1.165, 1.54) is 15.8 Å². The Morgan fingerprint density at radius 2 is 1.72 bits per heavy atom. The molecule has 0 N–H and O–H groups in total. The lowest BCUT2D eigenvalue weighted by Gasteiger charge is -2.33. The molecule has 0 saturated carbocycles. The van der Waals surface area contributed by atoms with Crippen LogP contribution in [0.25, 0.3) is 6.08 Å². The number of hydrogen-bond donors (Lipinski definition) is 0. The monoisotopic (exact) mass is 454 g/mol. The highest BCUT2D eigenvalue weighted by Crippen LogP contribution is 2.27. The van der Waals surface area contributed by atoms with Gasteiger partial charge in [0.1, 0.15) is 5.75 Å². The summed E-state index contributed by atoms with van der Waals surface area (Å²) in [5.41, 5.74) is 0.808. The van der Waals surface area contributed by atoms with Crippen molar-refractivity contribution in [3.63, 3.8) is 0 Å². The number of hydrogen-bond acceptors (Lipinski definition) is 4. The molecule has 9 heteroatoms. The van der Waals surface area contributed by atoms with Gasteiger partial charge in [0, 0.05) is 36.6 Å². The number of ether oxygens (including phenoxy) is 1. The van der Waals surface area contributed by atoms with Crippen molar-refractivity contribution < 1.29 is 17.9 Å². The number of nitrogens with zero attached hydrogens (tertiary/aromatic N) is 2. The molecule has 29 heavy (non-hydrogen) atoms. The predicted molar refractivity (Wildman–Crippen MR) is 115 cm³/mol. The van der Waals surface area contributed by atoms with Crippen molar-refractivity contribution >= 4 is 45.2 Å². The van der Waals surface area contributed by atoms with Gasteiger partial charge in [-0.2, -0.15) is 4.31 Å². The molecule has 0 unspecified atom stereocenters. The first-order valence-electron chi connectivity index (χ1n) is 8.94. The van der Waals surface area contributed by atoms with Gasteiger partial charge in [-0.1, -0.05) is 53.5 Å². The molecule has 1 aliphatic rings. The van der Waals surface area contributed by atoms with Crippen LogP contribution in [0, 0.1) is 0 Å². The largest absolute Gasteiger partial charge is 0.482 e. The Morgan fingerprint density at radius 3 is 2.38 bits per heavy atom. The van der Waals surface area contributed by atoms with E-state index in [9.17, 15) is 13.2 Å². The minimum Gasteiger partial charge on any atom is -0.482 e. The van der Waals surface area contributed by atoms with E-state index < -0.39 is 10.0 Å².